The molecule has 9 heteroatoms. The maximum atomic E-state index is 13.2. The lowest BCUT2D eigenvalue weighted by Crippen LogP contribution is -2.56. The van der Waals surface area contributed by atoms with Gasteiger partial charge in [0, 0.05) is 6.92 Å². The lowest BCUT2D eigenvalue weighted by Gasteiger charge is -2.30. The molecule has 1 atom stereocenters. The van der Waals surface area contributed by atoms with Crippen LogP contribution in [0.1, 0.15) is 20.3 Å². The van der Waals surface area contributed by atoms with Crippen molar-refractivity contribution in [1.82, 2.24) is 10.4 Å². The molecule has 0 radical (unpaired) electrons. The van der Waals surface area contributed by atoms with Gasteiger partial charge in [-0.25, -0.2) is 14.7 Å². The van der Waals surface area contributed by atoms with Gasteiger partial charge in [-0.2, -0.15) is 0 Å². The van der Waals surface area contributed by atoms with E-state index in [0.29, 0.717) is 18.0 Å². The molecule has 27 heavy (non-hydrogen) atoms. The summed E-state index contributed by atoms with van der Waals surface area (Å²) in [6, 6.07) is 6.47. The molecule has 1 aromatic rings. The number of carbonyl (C=O) groups is 4. The number of amides is 3. The van der Waals surface area contributed by atoms with Crippen LogP contribution in [0.25, 0.3) is 0 Å². The van der Waals surface area contributed by atoms with E-state index in [1.54, 1.807) is 24.3 Å². The summed E-state index contributed by atoms with van der Waals surface area (Å²) in [4.78, 5) is 50.7. The van der Waals surface area contributed by atoms with Crippen LogP contribution >= 0.6 is 0 Å². The van der Waals surface area contributed by atoms with Crippen LogP contribution in [0.2, 0.25) is 0 Å². The van der Waals surface area contributed by atoms with Gasteiger partial charge in [0.05, 0.1) is 25.8 Å². The predicted molar refractivity (Wildman–Crippen MR) is 93.2 cm³/mol. The third-order valence-electron chi connectivity index (χ3n) is 4.38. The zero-order chi connectivity index (χ0) is 19.8. The fourth-order valence-electron chi connectivity index (χ4n) is 3.23. The van der Waals surface area contributed by atoms with Crippen LogP contribution in [-0.4, -0.2) is 48.0 Å². The Bertz CT molecular complexity index is 847. The van der Waals surface area contributed by atoms with Crippen molar-refractivity contribution >= 4 is 29.4 Å². The van der Waals surface area contributed by atoms with E-state index in [0.717, 1.165) is 9.91 Å². The number of hydrazine groups is 1. The first kappa shape index (κ1) is 18.4. The lowest BCUT2D eigenvalue weighted by atomic mass is 9.96. The van der Waals surface area contributed by atoms with Crippen LogP contribution in [0.3, 0.4) is 0 Å². The average molecular weight is 373 g/mol. The van der Waals surface area contributed by atoms with Crippen molar-refractivity contribution in [2.24, 2.45) is 0 Å². The molecule has 3 rings (SSSR count). The molecular formula is C18H19N3O6. The highest BCUT2D eigenvalue weighted by Gasteiger charge is 2.59. The molecule has 2 heterocycles. The van der Waals surface area contributed by atoms with E-state index in [1.807, 2.05) is 6.92 Å². The number of benzene rings is 1. The topological polar surface area (TPSA) is 105 Å². The number of nitrogens with zero attached hydrogens (tertiary/aromatic N) is 2. The van der Waals surface area contributed by atoms with Gasteiger partial charge in [-0.05, 0) is 37.3 Å². The summed E-state index contributed by atoms with van der Waals surface area (Å²) < 4.78 is 10.0. The number of hydrogen-bond acceptors (Lipinski definition) is 7. The zero-order valence-electron chi connectivity index (χ0n) is 15.1. The first-order valence-electron chi connectivity index (χ1n) is 8.33. The summed E-state index contributed by atoms with van der Waals surface area (Å²) in [6.45, 7) is 3.57. The fourth-order valence-corrected chi connectivity index (χ4v) is 3.23. The molecule has 1 fully saturated rings. The molecule has 1 aromatic carbocycles. The molecule has 0 aromatic heterocycles. The second-order valence-corrected chi connectivity index (χ2v) is 6.08. The SMILES string of the molecule is CCOc1ccc(N2C(=O)C[C@@]3(C=C(C(=O)OC)NN3C(C)=O)C2=O)cc1. The second-order valence-electron chi connectivity index (χ2n) is 6.08. The van der Waals surface area contributed by atoms with Crippen molar-refractivity contribution in [2.45, 2.75) is 25.8 Å². The van der Waals surface area contributed by atoms with Crippen molar-refractivity contribution < 1.29 is 28.7 Å². The molecule has 142 valence electrons. The minimum Gasteiger partial charge on any atom is -0.494 e. The van der Waals surface area contributed by atoms with Gasteiger partial charge in [-0.3, -0.25) is 19.8 Å². The fraction of sp³-hybridized carbons (Fsp3) is 0.333. The van der Waals surface area contributed by atoms with Gasteiger partial charge in [0.15, 0.2) is 5.54 Å². The van der Waals surface area contributed by atoms with E-state index < -0.39 is 29.2 Å². The van der Waals surface area contributed by atoms with Crippen LogP contribution in [0.4, 0.5) is 5.69 Å². The standard InChI is InChI=1S/C18H19N3O6/c1-4-27-13-7-5-12(6-8-13)20-15(23)10-18(17(20)25)9-14(16(24)26-3)19-21(18)11(2)22/h5-9,19H,4,10H2,1-3H3/t18-/m0/s1. The quantitative estimate of drug-likeness (QED) is 0.606. The monoisotopic (exact) mass is 373 g/mol. The molecule has 0 saturated carbocycles. The van der Waals surface area contributed by atoms with E-state index in [2.05, 4.69) is 10.2 Å². The minimum atomic E-state index is -1.61. The van der Waals surface area contributed by atoms with Crippen LogP contribution in [0.15, 0.2) is 36.0 Å². The first-order chi connectivity index (χ1) is 12.8. The molecule has 1 saturated heterocycles. The summed E-state index contributed by atoms with van der Waals surface area (Å²) in [5.41, 5.74) is 1.26. The van der Waals surface area contributed by atoms with Crippen molar-refractivity contribution in [2.75, 3.05) is 18.6 Å². The Morgan fingerprint density at radius 2 is 1.89 bits per heavy atom. The maximum Gasteiger partial charge on any atom is 0.355 e. The van der Waals surface area contributed by atoms with E-state index in [-0.39, 0.29) is 12.1 Å². The van der Waals surface area contributed by atoms with Crippen molar-refractivity contribution in [3.05, 3.63) is 36.0 Å². The highest BCUT2D eigenvalue weighted by molar-refractivity contribution is 6.26. The van der Waals surface area contributed by atoms with Crippen LogP contribution < -0.4 is 15.1 Å². The number of carbonyl (C=O) groups excluding carboxylic acids is 4. The van der Waals surface area contributed by atoms with Crippen LogP contribution in [0.5, 0.6) is 5.75 Å². The highest BCUT2D eigenvalue weighted by atomic mass is 16.5. The Hall–Kier alpha value is -3.36. The Labute approximate surface area is 155 Å². The van der Waals surface area contributed by atoms with E-state index >= 15 is 0 Å². The van der Waals surface area contributed by atoms with Crippen molar-refractivity contribution in [3.63, 3.8) is 0 Å². The summed E-state index contributed by atoms with van der Waals surface area (Å²) in [5, 5.41) is 0.994. The first-order valence-corrected chi connectivity index (χ1v) is 8.33. The van der Waals surface area contributed by atoms with E-state index in [4.69, 9.17) is 4.74 Å². The summed E-state index contributed by atoms with van der Waals surface area (Å²) >= 11 is 0. The number of esters is 1. The number of nitrogens with one attached hydrogen (secondary N) is 1. The Kier molecular flexibility index (Phi) is 4.61. The summed E-state index contributed by atoms with van der Waals surface area (Å²) in [5.74, 6) is -1.76. The lowest BCUT2D eigenvalue weighted by molar-refractivity contribution is -0.143. The van der Waals surface area contributed by atoms with Crippen LogP contribution in [0, 0.1) is 0 Å². The zero-order valence-corrected chi connectivity index (χ0v) is 15.1. The van der Waals surface area contributed by atoms with Gasteiger partial charge >= 0.3 is 5.97 Å². The minimum absolute atomic E-state index is 0.0672. The number of ether oxygens (including phenoxy) is 2. The third kappa shape index (κ3) is 2.90. The highest BCUT2D eigenvalue weighted by Crippen LogP contribution is 2.38. The van der Waals surface area contributed by atoms with Crippen molar-refractivity contribution in [1.29, 1.82) is 0 Å². The molecule has 0 unspecified atom stereocenters. The third-order valence-corrected chi connectivity index (χ3v) is 4.38. The molecule has 0 bridgehead atoms. The maximum absolute atomic E-state index is 13.2. The Balaban J connectivity index is 1.99. The van der Waals surface area contributed by atoms with Crippen LogP contribution in [-0.2, 0) is 23.9 Å². The molecule has 1 spiro atoms. The van der Waals surface area contributed by atoms with E-state index in [1.165, 1.54) is 20.1 Å². The molecular weight excluding hydrogens is 354 g/mol. The van der Waals surface area contributed by atoms with Gasteiger partial charge in [-0.1, -0.05) is 0 Å². The number of anilines is 1. The van der Waals surface area contributed by atoms with Crippen molar-refractivity contribution in [3.8, 4) is 5.75 Å². The predicted octanol–water partition coefficient (Wildman–Crippen LogP) is 0.511. The number of hydrogen-bond donors (Lipinski definition) is 1. The van der Waals surface area contributed by atoms with Gasteiger partial charge in [-0.15, -0.1) is 0 Å². The normalized spacial score (nSPS) is 21.4. The number of rotatable bonds is 4. The molecule has 0 aliphatic carbocycles. The molecule has 2 aliphatic rings. The molecule has 1 N–H and O–H groups in total. The molecule has 2 aliphatic heterocycles. The smallest absolute Gasteiger partial charge is 0.355 e. The van der Waals surface area contributed by atoms with Gasteiger partial charge in [0.2, 0.25) is 11.8 Å². The number of methoxy groups -OCH3 is 1. The van der Waals surface area contributed by atoms with Gasteiger partial charge in [0.1, 0.15) is 11.4 Å². The Morgan fingerprint density at radius 3 is 2.44 bits per heavy atom. The van der Waals surface area contributed by atoms with Gasteiger partial charge in [0.25, 0.3) is 5.91 Å². The van der Waals surface area contributed by atoms with Gasteiger partial charge < -0.3 is 9.47 Å². The Morgan fingerprint density at radius 1 is 1.22 bits per heavy atom. The molecule has 3 amide bonds. The van der Waals surface area contributed by atoms with E-state index in [9.17, 15) is 19.2 Å². The summed E-state index contributed by atoms with van der Waals surface area (Å²) in [6.07, 6.45) is 0.987. The second kappa shape index (κ2) is 6.75. The number of imide groups is 1. The average Bonchev–Trinajstić information content (AvgIpc) is 3.14. The largest absolute Gasteiger partial charge is 0.494 e. The summed E-state index contributed by atoms with van der Waals surface area (Å²) in [7, 11) is 1.18. The molecule has 9 nitrogen and oxygen atoms in total.